The fraction of sp³-hybridized carbons (Fsp3) is 0.269. The molecule has 1 amide bonds. The summed E-state index contributed by atoms with van der Waals surface area (Å²) >= 11 is 0. The molecule has 0 bridgehead atoms. The predicted octanol–water partition coefficient (Wildman–Crippen LogP) is 6.37. The summed E-state index contributed by atoms with van der Waals surface area (Å²) in [5, 5.41) is 1.53. The van der Waals surface area contributed by atoms with Crippen molar-refractivity contribution in [2.75, 3.05) is 0 Å². The maximum atomic E-state index is 12.5. The Morgan fingerprint density at radius 1 is 1.06 bits per heavy atom. The van der Waals surface area contributed by atoms with Gasteiger partial charge in [0.2, 0.25) is 5.91 Å². The van der Waals surface area contributed by atoms with Crippen LogP contribution in [0, 0.1) is 6.07 Å². The summed E-state index contributed by atoms with van der Waals surface area (Å²) in [5.41, 5.74) is 9.73. The van der Waals surface area contributed by atoms with Crippen molar-refractivity contribution in [3.8, 4) is 5.75 Å². The molecule has 4 rings (SSSR count). The van der Waals surface area contributed by atoms with E-state index in [9.17, 15) is 18.0 Å². The van der Waals surface area contributed by atoms with E-state index in [1.54, 1.807) is 24.3 Å². The molecule has 0 aliphatic rings. The number of aromatic nitrogens is 1. The van der Waals surface area contributed by atoms with Crippen molar-refractivity contribution in [2.45, 2.75) is 45.5 Å². The molecular formula is C26H24F3N2O2. The third-order valence-corrected chi connectivity index (χ3v) is 5.69. The maximum Gasteiger partial charge on any atom is 0.573 e. The Morgan fingerprint density at radius 3 is 2.48 bits per heavy atom. The van der Waals surface area contributed by atoms with E-state index < -0.39 is 12.3 Å². The third-order valence-electron chi connectivity index (χ3n) is 5.69. The zero-order valence-corrected chi connectivity index (χ0v) is 18.2. The Labute approximate surface area is 189 Å². The van der Waals surface area contributed by atoms with E-state index in [-0.39, 0.29) is 5.75 Å². The number of nitrogens with two attached hydrogens (primary N) is 1. The average molecular weight is 453 g/mol. The minimum absolute atomic E-state index is 0.268. The normalized spacial score (nSPS) is 11.9. The number of ether oxygens (including phenoxy) is 1. The molecule has 1 radical (unpaired) electrons. The number of amides is 1. The molecule has 0 atom stereocenters. The molecule has 4 nitrogen and oxygen atoms in total. The first-order valence-electron chi connectivity index (χ1n) is 10.9. The van der Waals surface area contributed by atoms with E-state index in [1.807, 2.05) is 12.1 Å². The number of nitrogens with zero attached hydrogens (tertiary/aromatic N) is 1. The van der Waals surface area contributed by atoms with Gasteiger partial charge >= 0.3 is 6.36 Å². The van der Waals surface area contributed by atoms with Gasteiger partial charge in [0.1, 0.15) is 5.75 Å². The zero-order valence-electron chi connectivity index (χ0n) is 18.2. The van der Waals surface area contributed by atoms with Gasteiger partial charge in [-0.25, -0.2) is 0 Å². The highest BCUT2D eigenvalue weighted by Crippen LogP contribution is 2.33. The first-order valence-corrected chi connectivity index (χ1v) is 10.9. The first kappa shape index (κ1) is 22.7. The molecule has 0 spiro atoms. The molecular weight excluding hydrogens is 429 g/mol. The lowest BCUT2D eigenvalue weighted by Gasteiger charge is -2.11. The highest BCUT2D eigenvalue weighted by Gasteiger charge is 2.31. The number of primary amides is 1. The van der Waals surface area contributed by atoms with Crippen molar-refractivity contribution < 1.29 is 22.7 Å². The van der Waals surface area contributed by atoms with Crippen molar-refractivity contribution in [1.82, 2.24) is 4.57 Å². The van der Waals surface area contributed by atoms with Crippen molar-refractivity contribution in [2.24, 2.45) is 5.73 Å². The quantitative estimate of drug-likeness (QED) is 0.315. The smallest absolute Gasteiger partial charge is 0.406 e. The van der Waals surface area contributed by atoms with Gasteiger partial charge in [-0.05, 0) is 60.4 Å². The molecule has 33 heavy (non-hydrogen) atoms. The Bertz CT molecular complexity index is 1290. The number of carbonyl (C=O) groups is 1. The number of halogens is 3. The molecule has 7 heteroatoms. The Balaban J connectivity index is 1.79. The monoisotopic (exact) mass is 453 g/mol. The lowest BCUT2D eigenvalue weighted by Crippen LogP contribution is -2.17. The molecule has 0 saturated carbocycles. The molecule has 4 aromatic rings. The van der Waals surface area contributed by atoms with Gasteiger partial charge in [0.05, 0.1) is 11.0 Å². The molecule has 0 fully saturated rings. The van der Waals surface area contributed by atoms with Crippen LogP contribution in [0.15, 0.2) is 54.6 Å². The number of hydrogen-bond acceptors (Lipinski definition) is 2. The van der Waals surface area contributed by atoms with Crippen molar-refractivity contribution in [3.05, 3.63) is 77.4 Å². The van der Waals surface area contributed by atoms with Gasteiger partial charge in [-0.15, -0.1) is 13.2 Å². The van der Waals surface area contributed by atoms with Crippen molar-refractivity contribution in [3.63, 3.8) is 0 Å². The van der Waals surface area contributed by atoms with E-state index in [2.05, 4.69) is 28.4 Å². The highest BCUT2D eigenvalue weighted by atomic mass is 19.4. The number of hydrogen-bond donors (Lipinski definition) is 1. The molecule has 0 aliphatic carbocycles. The van der Waals surface area contributed by atoms with Crippen LogP contribution in [0.1, 0.15) is 47.7 Å². The van der Waals surface area contributed by atoms with Crippen LogP contribution in [0.2, 0.25) is 0 Å². The van der Waals surface area contributed by atoms with Gasteiger partial charge in [0.25, 0.3) is 0 Å². The first-order chi connectivity index (χ1) is 15.8. The van der Waals surface area contributed by atoms with Crippen LogP contribution in [0.4, 0.5) is 13.2 Å². The van der Waals surface area contributed by atoms with Gasteiger partial charge in [-0.2, -0.15) is 0 Å². The van der Waals surface area contributed by atoms with Crippen LogP contribution >= 0.6 is 0 Å². The molecule has 0 aliphatic heterocycles. The van der Waals surface area contributed by atoms with E-state index in [1.165, 1.54) is 12.1 Å². The largest absolute Gasteiger partial charge is 0.573 e. The minimum Gasteiger partial charge on any atom is -0.406 e. The lowest BCUT2D eigenvalue weighted by atomic mass is 10.0. The average Bonchev–Trinajstić information content (AvgIpc) is 3.07. The summed E-state index contributed by atoms with van der Waals surface area (Å²) in [5.74, 6) is -0.787. The summed E-state index contributed by atoms with van der Waals surface area (Å²) in [6, 6.07) is 18.6. The number of aryl methyl sites for hydroxylation is 1. The fourth-order valence-electron chi connectivity index (χ4n) is 4.18. The molecule has 2 N–H and O–H groups in total. The molecule has 0 unspecified atom stereocenters. The Morgan fingerprint density at radius 2 is 1.82 bits per heavy atom. The van der Waals surface area contributed by atoms with Crippen LogP contribution in [0.3, 0.4) is 0 Å². The number of rotatable bonds is 8. The van der Waals surface area contributed by atoms with Gasteiger partial charge in [0.15, 0.2) is 0 Å². The second-order valence-electron chi connectivity index (χ2n) is 8.07. The number of benzene rings is 3. The second-order valence-corrected chi connectivity index (χ2v) is 8.07. The van der Waals surface area contributed by atoms with Gasteiger partial charge < -0.3 is 15.0 Å². The predicted molar refractivity (Wildman–Crippen MR) is 122 cm³/mol. The van der Waals surface area contributed by atoms with E-state index in [0.717, 1.165) is 58.6 Å². The summed E-state index contributed by atoms with van der Waals surface area (Å²) in [4.78, 5) is 12.1. The van der Waals surface area contributed by atoms with E-state index in [0.29, 0.717) is 12.1 Å². The standard InChI is InChI=1S/C26H24F3N2O2/c1-2-3-4-6-17-11-14-20-23(15-17)31(22-8-5-7-21(24(20)22)25(30)32)16-18-9-12-19(13-10-18)33-26(27,28)29/h5,7-13,15H,2-4,6,16H2,1H3,(H2,30,32). The summed E-state index contributed by atoms with van der Waals surface area (Å²) in [6.07, 6.45) is -0.470. The second kappa shape index (κ2) is 9.17. The molecule has 1 heterocycles. The number of fused-ring (bicyclic) bond motifs is 3. The SMILES string of the molecule is CCCCCc1c[c]c2c3c(C(N)=O)cccc3n(Cc3ccc(OC(F)(F)F)cc3)c2c1. The van der Waals surface area contributed by atoms with Crippen LogP contribution in [-0.4, -0.2) is 16.8 Å². The van der Waals surface area contributed by atoms with E-state index >= 15 is 0 Å². The van der Waals surface area contributed by atoms with Crippen LogP contribution < -0.4 is 10.5 Å². The number of alkyl halides is 3. The third kappa shape index (κ3) is 4.97. The minimum atomic E-state index is -4.73. The Kier molecular flexibility index (Phi) is 6.31. The summed E-state index contributed by atoms with van der Waals surface area (Å²) < 4.78 is 43.5. The topological polar surface area (TPSA) is 57.2 Å². The number of carbonyl (C=O) groups excluding carboxylic acids is 1. The van der Waals surface area contributed by atoms with Crippen LogP contribution in [0.25, 0.3) is 21.8 Å². The Hall–Kier alpha value is -3.48. The maximum absolute atomic E-state index is 12.5. The lowest BCUT2D eigenvalue weighted by molar-refractivity contribution is -0.274. The number of unbranched alkanes of at least 4 members (excludes halogenated alkanes) is 2. The fourth-order valence-corrected chi connectivity index (χ4v) is 4.18. The van der Waals surface area contributed by atoms with Gasteiger partial charge in [-0.1, -0.05) is 44.0 Å². The zero-order chi connectivity index (χ0) is 23.6. The van der Waals surface area contributed by atoms with Crippen molar-refractivity contribution >= 4 is 27.7 Å². The van der Waals surface area contributed by atoms with E-state index in [4.69, 9.17) is 5.73 Å². The van der Waals surface area contributed by atoms with Gasteiger partial charge in [-0.3, -0.25) is 4.79 Å². The molecule has 1 aromatic heterocycles. The van der Waals surface area contributed by atoms with Crippen molar-refractivity contribution in [1.29, 1.82) is 0 Å². The summed E-state index contributed by atoms with van der Waals surface area (Å²) in [6.45, 7) is 2.56. The van der Waals surface area contributed by atoms with Crippen LogP contribution in [-0.2, 0) is 13.0 Å². The molecule has 0 saturated heterocycles. The van der Waals surface area contributed by atoms with Gasteiger partial charge in [0, 0.05) is 22.9 Å². The molecule has 3 aromatic carbocycles. The van der Waals surface area contributed by atoms with Crippen LogP contribution in [0.5, 0.6) is 5.75 Å². The highest BCUT2D eigenvalue weighted by molar-refractivity contribution is 6.17. The summed E-state index contributed by atoms with van der Waals surface area (Å²) in [7, 11) is 0. The molecule has 171 valence electrons.